The molecule has 0 aliphatic rings. The first-order chi connectivity index (χ1) is 6.81. The molecule has 0 heterocycles. The van der Waals surface area contributed by atoms with Crippen molar-refractivity contribution < 1.29 is 4.74 Å². The molecule has 0 N–H and O–H groups in total. The molecule has 0 bridgehead atoms. The van der Waals surface area contributed by atoms with Crippen LogP contribution < -0.4 is 4.74 Å². The average Bonchev–Trinajstić information content (AvgIpc) is 2.21. The Morgan fingerprint density at radius 1 is 1.07 bits per heavy atom. The van der Waals surface area contributed by atoms with E-state index in [2.05, 4.69) is 44.0 Å². The van der Waals surface area contributed by atoms with Crippen LogP contribution in [0.15, 0.2) is 18.2 Å². The van der Waals surface area contributed by atoms with Gasteiger partial charge in [0.25, 0.3) is 0 Å². The van der Waals surface area contributed by atoms with Crippen LogP contribution >= 0.6 is 31.9 Å². The van der Waals surface area contributed by atoms with E-state index in [0.717, 1.165) is 29.3 Å². The van der Waals surface area contributed by atoms with Gasteiger partial charge in [0.15, 0.2) is 0 Å². The topological polar surface area (TPSA) is 9.23 Å². The SMILES string of the molecule is COc1ccc(CCBr)c(CCBr)c1. The lowest BCUT2D eigenvalue weighted by atomic mass is 10.0. The second-order valence-electron chi connectivity index (χ2n) is 3.01. The molecule has 14 heavy (non-hydrogen) atoms. The molecule has 1 rings (SSSR count). The van der Waals surface area contributed by atoms with Gasteiger partial charge in [0.05, 0.1) is 7.11 Å². The zero-order valence-corrected chi connectivity index (χ0v) is 11.4. The van der Waals surface area contributed by atoms with Gasteiger partial charge < -0.3 is 4.74 Å². The minimum Gasteiger partial charge on any atom is -0.497 e. The molecule has 1 nitrogen and oxygen atoms in total. The van der Waals surface area contributed by atoms with Crippen LogP contribution in [0.1, 0.15) is 11.1 Å². The van der Waals surface area contributed by atoms with Gasteiger partial charge >= 0.3 is 0 Å². The van der Waals surface area contributed by atoms with Crippen LogP contribution in [-0.4, -0.2) is 17.8 Å². The van der Waals surface area contributed by atoms with Crippen molar-refractivity contribution in [3.8, 4) is 5.75 Å². The largest absolute Gasteiger partial charge is 0.497 e. The van der Waals surface area contributed by atoms with Gasteiger partial charge in [0.1, 0.15) is 5.75 Å². The van der Waals surface area contributed by atoms with Crippen LogP contribution in [0.4, 0.5) is 0 Å². The Balaban J connectivity index is 2.91. The summed E-state index contributed by atoms with van der Waals surface area (Å²) >= 11 is 6.93. The average molecular weight is 322 g/mol. The van der Waals surface area contributed by atoms with Crippen LogP contribution in [0, 0.1) is 0 Å². The van der Waals surface area contributed by atoms with Crippen LogP contribution in [0.25, 0.3) is 0 Å². The highest BCUT2D eigenvalue weighted by molar-refractivity contribution is 9.09. The first-order valence-electron chi connectivity index (χ1n) is 4.59. The van der Waals surface area contributed by atoms with Crippen molar-refractivity contribution in [1.82, 2.24) is 0 Å². The van der Waals surface area contributed by atoms with Crippen molar-refractivity contribution in [2.45, 2.75) is 12.8 Å². The summed E-state index contributed by atoms with van der Waals surface area (Å²) in [7, 11) is 1.71. The second kappa shape index (κ2) is 6.46. The van der Waals surface area contributed by atoms with Crippen LogP contribution in [0.5, 0.6) is 5.75 Å². The van der Waals surface area contributed by atoms with Gasteiger partial charge in [-0.15, -0.1) is 0 Å². The van der Waals surface area contributed by atoms with Gasteiger partial charge in [-0.1, -0.05) is 37.9 Å². The quantitative estimate of drug-likeness (QED) is 0.753. The second-order valence-corrected chi connectivity index (χ2v) is 4.60. The van der Waals surface area contributed by atoms with Crippen molar-refractivity contribution in [3.63, 3.8) is 0 Å². The Kier molecular flexibility index (Phi) is 5.56. The van der Waals surface area contributed by atoms with E-state index in [1.165, 1.54) is 11.1 Å². The first kappa shape index (κ1) is 12.1. The lowest BCUT2D eigenvalue weighted by Gasteiger charge is -2.09. The van der Waals surface area contributed by atoms with Crippen molar-refractivity contribution in [1.29, 1.82) is 0 Å². The van der Waals surface area contributed by atoms with E-state index < -0.39 is 0 Å². The Hall–Kier alpha value is -0.0200. The molecule has 0 unspecified atom stereocenters. The molecular weight excluding hydrogens is 308 g/mol. The van der Waals surface area contributed by atoms with E-state index >= 15 is 0 Å². The molecular formula is C11H14Br2O. The molecule has 1 aromatic rings. The number of hydrogen-bond donors (Lipinski definition) is 0. The van der Waals surface area contributed by atoms with E-state index in [0.29, 0.717) is 0 Å². The molecule has 78 valence electrons. The summed E-state index contributed by atoms with van der Waals surface area (Å²) in [5.74, 6) is 0.944. The maximum absolute atomic E-state index is 5.21. The molecule has 0 saturated carbocycles. The molecule has 0 aliphatic heterocycles. The van der Waals surface area contributed by atoms with Crippen molar-refractivity contribution in [2.24, 2.45) is 0 Å². The zero-order chi connectivity index (χ0) is 10.4. The fraction of sp³-hybridized carbons (Fsp3) is 0.455. The number of aryl methyl sites for hydroxylation is 2. The van der Waals surface area contributed by atoms with E-state index in [1.807, 2.05) is 6.07 Å². The summed E-state index contributed by atoms with van der Waals surface area (Å²) in [5.41, 5.74) is 2.78. The molecule has 1 aromatic carbocycles. The van der Waals surface area contributed by atoms with Crippen LogP contribution in [0.3, 0.4) is 0 Å². The third-order valence-electron chi connectivity index (χ3n) is 2.14. The minimum absolute atomic E-state index is 0.944. The summed E-state index contributed by atoms with van der Waals surface area (Å²) in [6.45, 7) is 0. The lowest BCUT2D eigenvalue weighted by Crippen LogP contribution is -1.97. The van der Waals surface area contributed by atoms with Crippen molar-refractivity contribution >= 4 is 31.9 Å². The first-order valence-corrected chi connectivity index (χ1v) is 6.83. The molecule has 0 atom stereocenters. The van der Waals surface area contributed by atoms with Gasteiger partial charge in [0, 0.05) is 10.7 Å². The van der Waals surface area contributed by atoms with Crippen molar-refractivity contribution in [3.05, 3.63) is 29.3 Å². The van der Waals surface area contributed by atoms with Crippen molar-refractivity contribution in [2.75, 3.05) is 17.8 Å². The highest BCUT2D eigenvalue weighted by Gasteiger charge is 2.03. The Morgan fingerprint density at radius 2 is 1.71 bits per heavy atom. The summed E-state index contributed by atoms with van der Waals surface area (Å²) in [6, 6.07) is 6.30. The van der Waals surface area contributed by atoms with E-state index in [4.69, 9.17) is 4.74 Å². The Labute approximate surface area is 102 Å². The summed E-state index contributed by atoms with van der Waals surface area (Å²) in [6.07, 6.45) is 2.13. The standard InChI is InChI=1S/C11H14Br2O/c1-14-11-3-2-9(4-6-12)10(8-11)5-7-13/h2-3,8H,4-7H2,1H3. The van der Waals surface area contributed by atoms with Gasteiger partial charge in [-0.3, -0.25) is 0 Å². The smallest absolute Gasteiger partial charge is 0.119 e. The number of halogens is 2. The monoisotopic (exact) mass is 320 g/mol. The number of rotatable bonds is 5. The molecule has 0 aliphatic carbocycles. The maximum Gasteiger partial charge on any atom is 0.119 e. The van der Waals surface area contributed by atoms with Gasteiger partial charge in [-0.05, 0) is 36.1 Å². The Bertz CT molecular complexity index is 287. The fourth-order valence-corrected chi connectivity index (χ4v) is 2.26. The summed E-state index contributed by atoms with van der Waals surface area (Å²) < 4.78 is 5.21. The summed E-state index contributed by atoms with van der Waals surface area (Å²) in [4.78, 5) is 0. The predicted molar refractivity (Wildman–Crippen MR) is 68.0 cm³/mol. The molecule has 0 spiro atoms. The minimum atomic E-state index is 0.944. The Morgan fingerprint density at radius 3 is 2.29 bits per heavy atom. The summed E-state index contributed by atoms with van der Waals surface area (Å²) in [5, 5.41) is 2.00. The number of hydrogen-bond acceptors (Lipinski definition) is 1. The highest BCUT2D eigenvalue weighted by Crippen LogP contribution is 2.19. The van der Waals surface area contributed by atoms with E-state index in [1.54, 1.807) is 7.11 Å². The highest BCUT2D eigenvalue weighted by atomic mass is 79.9. The molecule has 0 aromatic heterocycles. The van der Waals surface area contributed by atoms with E-state index in [9.17, 15) is 0 Å². The molecule has 0 fully saturated rings. The number of methoxy groups -OCH3 is 1. The van der Waals surface area contributed by atoms with Crippen LogP contribution in [-0.2, 0) is 12.8 Å². The number of alkyl halides is 2. The molecule has 3 heteroatoms. The fourth-order valence-electron chi connectivity index (χ4n) is 1.41. The van der Waals surface area contributed by atoms with Gasteiger partial charge in [-0.2, -0.15) is 0 Å². The third kappa shape index (κ3) is 3.28. The predicted octanol–water partition coefficient (Wildman–Crippen LogP) is 3.57. The maximum atomic E-state index is 5.21. The van der Waals surface area contributed by atoms with Crippen LogP contribution in [0.2, 0.25) is 0 Å². The lowest BCUT2D eigenvalue weighted by molar-refractivity contribution is 0.414. The molecule has 0 radical (unpaired) electrons. The van der Waals surface area contributed by atoms with Gasteiger partial charge in [0.2, 0.25) is 0 Å². The molecule has 0 amide bonds. The number of ether oxygens (including phenoxy) is 1. The molecule has 0 saturated heterocycles. The zero-order valence-electron chi connectivity index (χ0n) is 8.22. The normalized spacial score (nSPS) is 10.2. The van der Waals surface area contributed by atoms with E-state index in [-0.39, 0.29) is 0 Å². The third-order valence-corrected chi connectivity index (χ3v) is 2.93. The van der Waals surface area contributed by atoms with Gasteiger partial charge in [-0.25, -0.2) is 0 Å². The number of benzene rings is 1.